The molecule has 0 saturated carbocycles. The molecule has 0 atom stereocenters. The van der Waals surface area contributed by atoms with E-state index in [1.54, 1.807) is 0 Å². The topological polar surface area (TPSA) is 146 Å². The Kier molecular flexibility index (Phi) is 4.29. The maximum Gasteiger partial charge on any atom is 0.272 e. The zero-order valence-corrected chi connectivity index (χ0v) is 10.3. The van der Waals surface area contributed by atoms with Gasteiger partial charge in [0.05, 0.1) is 15.0 Å². The van der Waals surface area contributed by atoms with Gasteiger partial charge < -0.3 is 17.2 Å². The number of guanidine groups is 2. The lowest BCUT2D eigenvalue weighted by atomic mass is 10.3. The molecular formula is C8H8Cl2N6O2. The maximum absolute atomic E-state index is 10.6. The molecule has 8 nitrogen and oxygen atoms in total. The van der Waals surface area contributed by atoms with Gasteiger partial charge in [-0.25, -0.2) is 4.99 Å². The van der Waals surface area contributed by atoms with Crippen molar-refractivity contribution >= 4 is 46.5 Å². The van der Waals surface area contributed by atoms with Gasteiger partial charge in [-0.15, -0.1) is 0 Å². The zero-order chi connectivity index (χ0) is 13.9. The first-order chi connectivity index (χ1) is 8.31. The molecule has 0 heterocycles. The molecule has 1 aromatic rings. The first-order valence-electron chi connectivity index (χ1n) is 4.38. The second-order valence-corrected chi connectivity index (χ2v) is 3.84. The van der Waals surface area contributed by atoms with Gasteiger partial charge >= 0.3 is 0 Å². The van der Waals surface area contributed by atoms with Crippen LogP contribution in [0.25, 0.3) is 0 Å². The van der Waals surface area contributed by atoms with Crippen molar-refractivity contribution < 1.29 is 4.92 Å². The third kappa shape index (κ3) is 3.47. The van der Waals surface area contributed by atoms with E-state index in [-0.39, 0.29) is 33.3 Å². The minimum absolute atomic E-state index is 0.0389. The average molecular weight is 291 g/mol. The van der Waals surface area contributed by atoms with E-state index in [2.05, 4.69) is 9.98 Å². The van der Waals surface area contributed by atoms with Crippen molar-refractivity contribution in [3.05, 3.63) is 32.3 Å². The number of nitrogens with zero attached hydrogens (tertiary/aromatic N) is 3. The fourth-order valence-electron chi connectivity index (χ4n) is 1.04. The Morgan fingerprint density at radius 2 is 1.72 bits per heavy atom. The number of nitro groups is 1. The minimum atomic E-state index is -0.634. The molecule has 0 aliphatic heterocycles. The number of hydrogen-bond donors (Lipinski definition) is 3. The molecule has 6 N–H and O–H groups in total. The number of benzene rings is 1. The summed E-state index contributed by atoms with van der Waals surface area (Å²) in [5.74, 6) is -0.557. The Morgan fingerprint density at radius 3 is 2.11 bits per heavy atom. The van der Waals surface area contributed by atoms with E-state index in [1.165, 1.54) is 0 Å². The zero-order valence-electron chi connectivity index (χ0n) is 8.80. The molecule has 0 fully saturated rings. The number of aliphatic imine (C=N–C) groups is 2. The number of hydrogen-bond acceptors (Lipinski definition) is 3. The summed E-state index contributed by atoms with van der Waals surface area (Å²) in [4.78, 5) is 17.1. The van der Waals surface area contributed by atoms with Crippen molar-refractivity contribution in [2.45, 2.75) is 0 Å². The lowest BCUT2D eigenvalue weighted by molar-refractivity contribution is -0.384. The summed E-state index contributed by atoms with van der Waals surface area (Å²) in [6.07, 6.45) is 0. The SMILES string of the molecule is NC(N)=NC(N)=Nc1c(Cl)cc([N+](=O)[O-])cc1Cl. The van der Waals surface area contributed by atoms with E-state index < -0.39 is 4.92 Å². The van der Waals surface area contributed by atoms with Gasteiger partial charge in [-0.2, -0.15) is 4.99 Å². The van der Waals surface area contributed by atoms with E-state index in [0.717, 1.165) is 12.1 Å². The van der Waals surface area contributed by atoms with Crippen LogP contribution in [0.4, 0.5) is 11.4 Å². The molecule has 0 saturated heterocycles. The number of rotatable bonds is 2. The summed E-state index contributed by atoms with van der Waals surface area (Å²) in [5, 5.41) is 10.5. The molecule has 0 bridgehead atoms. The highest BCUT2D eigenvalue weighted by Crippen LogP contribution is 2.36. The fourth-order valence-corrected chi connectivity index (χ4v) is 1.60. The van der Waals surface area contributed by atoms with Crippen LogP contribution in [-0.2, 0) is 0 Å². The number of halogens is 2. The summed E-state index contributed by atoms with van der Waals surface area (Å²) < 4.78 is 0. The number of non-ortho nitro benzene ring substituents is 1. The third-order valence-electron chi connectivity index (χ3n) is 1.68. The first kappa shape index (κ1) is 14.0. The second-order valence-electron chi connectivity index (χ2n) is 3.02. The molecule has 10 heteroatoms. The Bertz CT molecular complexity index is 530. The quantitative estimate of drug-likeness (QED) is 0.323. The van der Waals surface area contributed by atoms with Crippen LogP contribution in [-0.4, -0.2) is 16.8 Å². The minimum Gasteiger partial charge on any atom is -0.370 e. The van der Waals surface area contributed by atoms with Crippen molar-refractivity contribution in [2.24, 2.45) is 27.2 Å². The Morgan fingerprint density at radius 1 is 1.22 bits per heavy atom. The molecule has 0 aliphatic rings. The second kappa shape index (κ2) is 5.52. The van der Waals surface area contributed by atoms with Crippen LogP contribution < -0.4 is 17.2 Å². The van der Waals surface area contributed by atoms with E-state index in [1.807, 2.05) is 0 Å². The van der Waals surface area contributed by atoms with E-state index in [4.69, 9.17) is 40.4 Å². The predicted octanol–water partition coefficient (Wildman–Crippen LogP) is 1.12. The summed E-state index contributed by atoms with van der Waals surface area (Å²) in [6, 6.07) is 2.18. The molecule has 18 heavy (non-hydrogen) atoms. The molecule has 0 spiro atoms. The molecule has 1 aromatic carbocycles. The molecule has 0 aliphatic carbocycles. The van der Waals surface area contributed by atoms with Gasteiger partial charge in [0.1, 0.15) is 5.69 Å². The molecule has 1 rings (SSSR count). The first-order valence-corrected chi connectivity index (χ1v) is 5.14. The number of nitrogens with two attached hydrogens (primary N) is 3. The summed E-state index contributed by atoms with van der Waals surface area (Å²) >= 11 is 11.6. The largest absolute Gasteiger partial charge is 0.370 e. The van der Waals surface area contributed by atoms with Crippen LogP contribution in [0.15, 0.2) is 22.1 Å². The Balaban J connectivity index is 3.27. The monoisotopic (exact) mass is 290 g/mol. The van der Waals surface area contributed by atoms with Gasteiger partial charge in [0.25, 0.3) is 5.69 Å². The average Bonchev–Trinajstić information content (AvgIpc) is 2.21. The highest BCUT2D eigenvalue weighted by Gasteiger charge is 2.14. The van der Waals surface area contributed by atoms with Crippen LogP contribution in [0.1, 0.15) is 0 Å². The molecule has 0 radical (unpaired) electrons. The standard InChI is InChI=1S/C8H8Cl2N6O2/c9-4-1-3(16(17)18)2-5(10)6(4)14-8(13)15-7(11)12/h1-2H,(H6,11,12,13,14,15). The fraction of sp³-hybridized carbons (Fsp3) is 0. The summed E-state index contributed by atoms with van der Waals surface area (Å²) in [5.41, 5.74) is 15.4. The van der Waals surface area contributed by atoms with Gasteiger partial charge in [-0.05, 0) is 0 Å². The number of nitro benzene ring substituents is 1. The van der Waals surface area contributed by atoms with Crippen LogP contribution in [0.5, 0.6) is 0 Å². The van der Waals surface area contributed by atoms with Crippen molar-refractivity contribution in [1.82, 2.24) is 0 Å². The van der Waals surface area contributed by atoms with E-state index in [0.29, 0.717) is 0 Å². The van der Waals surface area contributed by atoms with E-state index in [9.17, 15) is 10.1 Å². The smallest absolute Gasteiger partial charge is 0.272 e. The van der Waals surface area contributed by atoms with Crippen molar-refractivity contribution in [3.8, 4) is 0 Å². The van der Waals surface area contributed by atoms with Crippen LogP contribution in [0, 0.1) is 10.1 Å². The summed E-state index contributed by atoms with van der Waals surface area (Å²) in [6.45, 7) is 0. The normalized spacial score (nSPS) is 11.1. The Labute approximate surface area is 111 Å². The van der Waals surface area contributed by atoms with Crippen molar-refractivity contribution in [1.29, 1.82) is 0 Å². The lowest BCUT2D eigenvalue weighted by Crippen LogP contribution is -2.26. The van der Waals surface area contributed by atoms with Crippen molar-refractivity contribution in [3.63, 3.8) is 0 Å². The highest BCUT2D eigenvalue weighted by molar-refractivity contribution is 6.39. The molecule has 0 aromatic heterocycles. The molecular weight excluding hydrogens is 283 g/mol. The van der Waals surface area contributed by atoms with Gasteiger partial charge in [0, 0.05) is 12.1 Å². The maximum atomic E-state index is 10.6. The predicted molar refractivity (Wildman–Crippen MR) is 70.2 cm³/mol. The van der Waals surface area contributed by atoms with Crippen LogP contribution >= 0.6 is 23.2 Å². The van der Waals surface area contributed by atoms with Gasteiger partial charge in [-0.1, -0.05) is 23.2 Å². The highest BCUT2D eigenvalue weighted by atomic mass is 35.5. The van der Waals surface area contributed by atoms with Gasteiger partial charge in [0.15, 0.2) is 5.96 Å². The van der Waals surface area contributed by atoms with Gasteiger partial charge in [0.2, 0.25) is 5.96 Å². The lowest BCUT2D eigenvalue weighted by Gasteiger charge is -2.02. The molecule has 96 valence electrons. The summed E-state index contributed by atoms with van der Waals surface area (Å²) in [7, 11) is 0. The van der Waals surface area contributed by atoms with Crippen molar-refractivity contribution in [2.75, 3.05) is 0 Å². The van der Waals surface area contributed by atoms with Gasteiger partial charge in [-0.3, -0.25) is 10.1 Å². The van der Waals surface area contributed by atoms with Crippen LogP contribution in [0.2, 0.25) is 10.0 Å². The molecule has 0 unspecified atom stereocenters. The van der Waals surface area contributed by atoms with Crippen LogP contribution in [0.3, 0.4) is 0 Å². The third-order valence-corrected chi connectivity index (χ3v) is 2.26. The Hall–Kier alpha value is -2.06. The molecule has 0 amide bonds. The van der Waals surface area contributed by atoms with E-state index >= 15 is 0 Å².